The first-order chi connectivity index (χ1) is 11.5. The second kappa shape index (κ2) is 7.02. The molecule has 2 aliphatic rings. The van der Waals surface area contributed by atoms with Gasteiger partial charge in [0.1, 0.15) is 6.04 Å². The Morgan fingerprint density at radius 3 is 2.38 bits per heavy atom. The van der Waals surface area contributed by atoms with Gasteiger partial charge in [0, 0.05) is 45.1 Å². The molecule has 0 unspecified atom stereocenters. The van der Waals surface area contributed by atoms with Crippen LogP contribution in [0.5, 0.6) is 0 Å². The predicted molar refractivity (Wildman–Crippen MR) is 90.0 cm³/mol. The van der Waals surface area contributed by atoms with Gasteiger partial charge >= 0.3 is 0 Å². The van der Waals surface area contributed by atoms with Gasteiger partial charge in [-0.25, -0.2) is 18.4 Å². The second-order valence-corrected chi connectivity index (χ2v) is 8.18. The van der Waals surface area contributed by atoms with E-state index in [1.54, 1.807) is 23.4 Å². The lowest BCUT2D eigenvalue weighted by Crippen LogP contribution is -2.57. The normalized spacial score (nSPS) is 23.3. The minimum Gasteiger partial charge on any atom is -0.338 e. The molecule has 0 aromatic carbocycles. The van der Waals surface area contributed by atoms with E-state index in [0.717, 1.165) is 12.8 Å². The molecular formula is C15H23N5O3S. The molecule has 0 bridgehead atoms. The van der Waals surface area contributed by atoms with Crippen LogP contribution in [0.3, 0.4) is 0 Å². The van der Waals surface area contributed by atoms with Crippen LogP contribution in [-0.4, -0.2) is 78.5 Å². The smallest absolute Gasteiger partial charge is 0.241 e. The van der Waals surface area contributed by atoms with Crippen LogP contribution in [0.1, 0.15) is 19.3 Å². The molecule has 24 heavy (non-hydrogen) atoms. The number of amides is 1. The van der Waals surface area contributed by atoms with Crippen LogP contribution in [0, 0.1) is 0 Å². The van der Waals surface area contributed by atoms with Crippen LogP contribution in [0.25, 0.3) is 0 Å². The number of rotatable bonds is 3. The highest BCUT2D eigenvalue weighted by Gasteiger charge is 2.37. The number of sulfonamides is 1. The molecule has 132 valence electrons. The van der Waals surface area contributed by atoms with Gasteiger partial charge in [-0.15, -0.1) is 0 Å². The van der Waals surface area contributed by atoms with Crippen LogP contribution >= 0.6 is 0 Å². The molecule has 3 heterocycles. The Labute approximate surface area is 142 Å². The van der Waals surface area contributed by atoms with Crippen molar-refractivity contribution in [1.82, 2.24) is 19.2 Å². The summed E-state index contributed by atoms with van der Waals surface area (Å²) in [7, 11) is -3.36. The van der Waals surface area contributed by atoms with Crippen molar-refractivity contribution < 1.29 is 13.2 Å². The van der Waals surface area contributed by atoms with Gasteiger partial charge in [-0.3, -0.25) is 4.79 Å². The van der Waals surface area contributed by atoms with Crippen LogP contribution < -0.4 is 4.90 Å². The van der Waals surface area contributed by atoms with Crippen LogP contribution in [0.4, 0.5) is 5.95 Å². The zero-order valence-corrected chi connectivity index (χ0v) is 14.7. The maximum absolute atomic E-state index is 12.8. The zero-order valence-electron chi connectivity index (χ0n) is 13.8. The van der Waals surface area contributed by atoms with Gasteiger partial charge in [-0.2, -0.15) is 4.31 Å². The molecule has 1 amide bonds. The van der Waals surface area contributed by atoms with Gasteiger partial charge in [0.2, 0.25) is 21.9 Å². The summed E-state index contributed by atoms with van der Waals surface area (Å²) in [6.07, 6.45) is 6.89. The van der Waals surface area contributed by atoms with Gasteiger partial charge in [0.15, 0.2) is 0 Å². The third-order valence-corrected chi connectivity index (χ3v) is 5.88. The maximum Gasteiger partial charge on any atom is 0.241 e. The third kappa shape index (κ3) is 3.67. The second-order valence-electron chi connectivity index (χ2n) is 6.25. The number of hydrogen-bond donors (Lipinski definition) is 0. The van der Waals surface area contributed by atoms with Gasteiger partial charge in [0.05, 0.1) is 6.26 Å². The summed E-state index contributed by atoms with van der Waals surface area (Å²) in [6.45, 7) is 2.87. The lowest BCUT2D eigenvalue weighted by molar-refractivity contribution is -0.136. The highest BCUT2D eigenvalue weighted by atomic mass is 32.2. The molecule has 0 radical (unpaired) electrons. The molecule has 8 nitrogen and oxygen atoms in total. The van der Waals surface area contributed by atoms with E-state index in [1.165, 1.54) is 10.6 Å². The number of carbonyl (C=O) groups excluding carboxylic acids is 1. The lowest BCUT2D eigenvalue weighted by atomic mass is 10.0. The molecule has 1 atom stereocenters. The van der Waals surface area contributed by atoms with Crippen molar-refractivity contribution in [1.29, 1.82) is 0 Å². The summed E-state index contributed by atoms with van der Waals surface area (Å²) in [5.74, 6) is 0.591. The molecule has 2 aliphatic heterocycles. The van der Waals surface area contributed by atoms with Crippen molar-refractivity contribution in [3.8, 4) is 0 Å². The Morgan fingerprint density at radius 1 is 1.08 bits per heavy atom. The summed E-state index contributed by atoms with van der Waals surface area (Å²) in [5, 5.41) is 0. The van der Waals surface area contributed by atoms with Crippen molar-refractivity contribution in [3.63, 3.8) is 0 Å². The highest BCUT2D eigenvalue weighted by molar-refractivity contribution is 7.88. The molecule has 0 saturated carbocycles. The Kier molecular flexibility index (Phi) is 5.00. The molecule has 0 aliphatic carbocycles. The van der Waals surface area contributed by atoms with Crippen molar-refractivity contribution in [2.75, 3.05) is 43.9 Å². The Hall–Kier alpha value is -1.74. The molecule has 1 aromatic heterocycles. The molecule has 0 spiro atoms. The minimum atomic E-state index is -3.36. The van der Waals surface area contributed by atoms with Gasteiger partial charge in [-0.05, 0) is 18.9 Å². The fourth-order valence-corrected chi connectivity index (χ4v) is 4.46. The quantitative estimate of drug-likeness (QED) is 0.757. The van der Waals surface area contributed by atoms with Crippen LogP contribution in [-0.2, 0) is 14.8 Å². The number of anilines is 1. The molecule has 2 saturated heterocycles. The van der Waals surface area contributed by atoms with E-state index in [9.17, 15) is 13.2 Å². The van der Waals surface area contributed by atoms with Crippen molar-refractivity contribution in [2.45, 2.75) is 25.3 Å². The first kappa shape index (κ1) is 17.1. The van der Waals surface area contributed by atoms with E-state index in [2.05, 4.69) is 9.97 Å². The zero-order chi connectivity index (χ0) is 17.2. The summed E-state index contributed by atoms with van der Waals surface area (Å²) < 4.78 is 25.3. The van der Waals surface area contributed by atoms with E-state index in [-0.39, 0.29) is 5.91 Å². The topological polar surface area (TPSA) is 86.7 Å². The van der Waals surface area contributed by atoms with E-state index in [1.807, 2.05) is 4.90 Å². The van der Waals surface area contributed by atoms with Crippen LogP contribution in [0.2, 0.25) is 0 Å². The van der Waals surface area contributed by atoms with Gasteiger partial charge < -0.3 is 9.80 Å². The Morgan fingerprint density at radius 2 is 1.75 bits per heavy atom. The fourth-order valence-electron chi connectivity index (χ4n) is 3.34. The van der Waals surface area contributed by atoms with Crippen molar-refractivity contribution >= 4 is 21.9 Å². The summed E-state index contributed by atoms with van der Waals surface area (Å²) in [4.78, 5) is 25.1. The first-order valence-corrected chi connectivity index (χ1v) is 10.1. The number of piperazine rings is 1. The maximum atomic E-state index is 12.8. The Bertz CT molecular complexity index is 674. The summed E-state index contributed by atoms with van der Waals surface area (Å²) in [5.41, 5.74) is 0. The molecular weight excluding hydrogens is 330 g/mol. The lowest BCUT2D eigenvalue weighted by Gasteiger charge is -2.39. The standard InChI is InChI=1S/C15H23N5O3S/c1-24(22,23)20-8-3-2-5-13(20)14(21)18-9-11-19(12-10-18)15-16-6-4-7-17-15/h4,6-7,13H,2-3,5,8-12H2,1H3/t13-/m0/s1. The van der Waals surface area contributed by atoms with Gasteiger partial charge in [0.25, 0.3) is 0 Å². The van der Waals surface area contributed by atoms with E-state index < -0.39 is 16.1 Å². The number of hydrogen-bond acceptors (Lipinski definition) is 6. The molecule has 0 N–H and O–H groups in total. The third-order valence-electron chi connectivity index (χ3n) is 4.59. The number of piperidine rings is 1. The number of carbonyl (C=O) groups is 1. The molecule has 9 heteroatoms. The summed E-state index contributed by atoms with van der Waals surface area (Å²) >= 11 is 0. The van der Waals surface area contributed by atoms with Crippen LogP contribution in [0.15, 0.2) is 18.5 Å². The molecule has 1 aromatic rings. The van der Waals surface area contributed by atoms with E-state index in [4.69, 9.17) is 0 Å². The molecule has 2 fully saturated rings. The molecule has 3 rings (SSSR count). The van der Waals surface area contributed by atoms with Crippen molar-refractivity contribution in [3.05, 3.63) is 18.5 Å². The monoisotopic (exact) mass is 353 g/mol. The number of nitrogens with zero attached hydrogens (tertiary/aromatic N) is 5. The van der Waals surface area contributed by atoms with E-state index >= 15 is 0 Å². The SMILES string of the molecule is CS(=O)(=O)N1CCCC[C@H]1C(=O)N1CCN(c2ncccn2)CC1. The summed E-state index contributed by atoms with van der Waals surface area (Å²) in [6, 6.07) is 1.22. The number of aromatic nitrogens is 2. The first-order valence-electron chi connectivity index (χ1n) is 8.24. The average Bonchev–Trinajstić information content (AvgIpc) is 2.61. The predicted octanol–water partition coefficient (Wildman–Crippen LogP) is -0.0607. The van der Waals surface area contributed by atoms with Gasteiger partial charge in [-0.1, -0.05) is 6.42 Å². The van der Waals surface area contributed by atoms with Crippen molar-refractivity contribution in [2.24, 2.45) is 0 Å². The average molecular weight is 353 g/mol. The largest absolute Gasteiger partial charge is 0.338 e. The highest BCUT2D eigenvalue weighted by Crippen LogP contribution is 2.22. The fraction of sp³-hybridized carbons (Fsp3) is 0.667. The minimum absolute atomic E-state index is 0.0752. The van der Waals surface area contributed by atoms with E-state index in [0.29, 0.717) is 45.1 Å². The Balaban J connectivity index is 1.64.